The van der Waals surface area contributed by atoms with Crippen molar-refractivity contribution in [2.24, 2.45) is 5.92 Å². The van der Waals surface area contributed by atoms with Crippen LogP contribution in [0.15, 0.2) is 0 Å². The summed E-state index contributed by atoms with van der Waals surface area (Å²) < 4.78 is 11.4. The first kappa shape index (κ1) is 14.6. The summed E-state index contributed by atoms with van der Waals surface area (Å²) in [5.41, 5.74) is 0.203. The van der Waals surface area contributed by atoms with Crippen molar-refractivity contribution in [3.05, 3.63) is 0 Å². The number of thioether (sulfide) groups is 1. The maximum Gasteiger partial charge on any atom is 0.0783 e. The Bertz CT molecular complexity index is 244. The monoisotopic (exact) mass is 273 g/mol. The highest BCUT2D eigenvalue weighted by molar-refractivity contribution is 7.99. The molecule has 0 aromatic heterocycles. The molecule has 1 spiro atoms. The molecule has 106 valence electrons. The summed E-state index contributed by atoms with van der Waals surface area (Å²) in [6.07, 6.45) is 4.81. The molecule has 3 atom stereocenters. The van der Waals surface area contributed by atoms with Crippen molar-refractivity contribution in [3.63, 3.8) is 0 Å². The molecule has 0 amide bonds. The van der Waals surface area contributed by atoms with Gasteiger partial charge in [-0.3, -0.25) is 0 Å². The normalized spacial score (nSPS) is 34.0. The lowest BCUT2D eigenvalue weighted by Crippen LogP contribution is -2.47. The van der Waals surface area contributed by atoms with E-state index in [1.807, 2.05) is 0 Å². The van der Waals surface area contributed by atoms with E-state index in [9.17, 15) is 0 Å². The standard InChI is InChI=1S/C14H27NO2S/c1-3-15-13(5-7-16-2)12-4-8-17-14(10-12)6-9-18-11-14/h12-13,15H,3-11H2,1-2H3. The van der Waals surface area contributed by atoms with Gasteiger partial charge in [-0.05, 0) is 43.9 Å². The Morgan fingerprint density at radius 2 is 2.44 bits per heavy atom. The predicted molar refractivity (Wildman–Crippen MR) is 77.3 cm³/mol. The van der Waals surface area contributed by atoms with Crippen LogP contribution < -0.4 is 5.32 Å². The molecular weight excluding hydrogens is 246 g/mol. The third kappa shape index (κ3) is 3.62. The molecule has 0 saturated carbocycles. The zero-order valence-corrected chi connectivity index (χ0v) is 12.6. The van der Waals surface area contributed by atoms with Gasteiger partial charge in [0.1, 0.15) is 0 Å². The molecule has 2 aliphatic heterocycles. The number of hydrogen-bond donors (Lipinski definition) is 1. The Kier molecular flexibility index (Phi) is 5.80. The molecule has 2 rings (SSSR count). The van der Waals surface area contributed by atoms with Crippen LogP contribution in [0.5, 0.6) is 0 Å². The fourth-order valence-electron chi connectivity index (χ4n) is 3.28. The van der Waals surface area contributed by atoms with Gasteiger partial charge in [0, 0.05) is 32.1 Å². The van der Waals surface area contributed by atoms with Gasteiger partial charge in [0.25, 0.3) is 0 Å². The maximum atomic E-state index is 6.11. The second kappa shape index (κ2) is 7.13. The van der Waals surface area contributed by atoms with Crippen molar-refractivity contribution in [3.8, 4) is 0 Å². The van der Waals surface area contributed by atoms with Crippen molar-refractivity contribution < 1.29 is 9.47 Å². The van der Waals surface area contributed by atoms with E-state index in [0.717, 1.165) is 32.1 Å². The van der Waals surface area contributed by atoms with E-state index in [1.54, 1.807) is 7.11 Å². The van der Waals surface area contributed by atoms with Gasteiger partial charge in [-0.2, -0.15) is 11.8 Å². The number of methoxy groups -OCH3 is 1. The first-order valence-corrected chi connectivity index (χ1v) is 8.39. The lowest BCUT2D eigenvalue weighted by molar-refractivity contribution is -0.0862. The van der Waals surface area contributed by atoms with E-state index in [-0.39, 0.29) is 5.60 Å². The van der Waals surface area contributed by atoms with E-state index >= 15 is 0 Å². The van der Waals surface area contributed by atoms with Crippen LogP contribution in [0, 0.1) is 5.92 Å². The summed E-state index contributed by atoms with van der Waals surface area (Å²) in [7, 11) is 1.79. The first-order chi connectivity index (χ1) is 8.79. The van der Waals surface area contributed by atoms with E-state index in [4.69, 9.17) is 9.47 Å². The molecule has 3 unspecified atom stereocenters. The van der Waals surface area contributed by atoms with Gasteiger partial charge in [-0.25, -0.2) is 0 Å². The largest absolute Gasteiger partial charge is 0.385 e. The van der Waals surface area contributed by atoms with Crippen molar-refractivity contribution in [2.75, 3.05) is 38.4 Å². The van der Waals surface area contributed by atoms with Gasteiger partial charge < -0.3 is 14.8 Å². The van der Waals surface area contributed by atoms with Crippen molar-refractivity contribution >= 4 is 11.8 Å². The lowest BCUT2D eigenvalue weighted by atomic mass is 9.80. The first-order valence-electron chi connectivity index (χ1n) is 7.24. The van der Waals surface area contributed by atoms with Gasteiger partial charge in [0.05, 0.1) is 5.60 Å². The van der Waals surface area contributed by atoms with Crippen molar-refractivity contribution in [2.45, 2.75) is 44.2 Å². The fraction of sp³-hybridized carbons (Fsp3) is 1.00. The van der Waals surface area contributed by atoms with Gasteiger partial charge in [-0.1, -0.05) is 6.92 Å². The predicted octanol–water partition coefficient (Wildman–Crippen LogP) is 2.30. The van der Waals surface area contributed by atoms with Gasteiger partial charge in [-0.15, -0.1) is 0 Å². The third-order valence-corrected chi connectivity index (χ3v) is 5.49. The molecule has 0 aromatic carbocycles. The van der Waals surface area contributed by atoms with Crippen LogP contribution in [-0.4, -0.2) is 50.0 Å². The number of ether oxygens (including phenoxy) is 2. The molecule has 2 saturated heterocycles. The average Bonchev–Trinajstić information content (AvgIpc) is 2.82. The van der Waals surface area contributed by atoms with E-state index in [2.05, 4.69) is 24.0 Å². The molecule has 2 heterocycles. The maximum absolute atomic E-state index is 6.11. The lowest BCUT2D eigenvalue weighted by Gasteiger charge is -2.41. The van der Waals surface area contributed by atoms with Crippen molar-refractivity contribution in [1.82, 2.24) is 5.32 Å². The van der Waals surface area contributed by atoms with Crippen LogP contribution in [0.1, 0.15) is 32.6 Å². The van der Waals surface area contributed by atoms with Crippen LogP contribution in [0.4, 0.5) is 0 Å². The molecule has 2 aliphatic rings. The minimum absolute atomic E-state index is 0.203. The second-order valence-corrected chi connectivity index (χ2v) is 6.64. The van der Waals surface area contributed by atoms with Crippen LogP contribution in [0.3, 0.4) is 0 Å². The SMILES string of the molecule is CCNC(CCOC)C1CCOC2(CCSC2)C1. The van der Waals surface area contributed by atoms with Crippen molar-refractivity contribution in [1.29, 1.82) is 0 Å². The number of nitrogens with one attached hydrogen (secondary N) is 1. The topological polar surface area (TPSA) is 30.5 Å². The van der Waals surface area contributed by atoms with E-state index in [0.29, 0.717) is 6.04 Å². The smallest absolute Gasteiger partial charge is 0.0783 e. The molecule has 0 bridgehead atoms. The highest BCUT2D eigenvalue weighted by Crippen LogP contribution is 2.41. The Labute approximate surface area is 115 Å². The van der Waals surface area contributed by atoms with Crippen LogP contribution in [0.2, 0.25) is 0 Å². The Balaban J connectivity index is 1.91. The summed E-state index contributed by atoms with van der Waals surface area (Å²) in [6, 6.07) is 0.598. The van der Waals surface area contributed by atoms with Crippen LogP contribution in [0.25, 0.3) is 0 Å². The quantitative estimate of drug-likeness (QED) is 0.804. The molecule has 0 aromatic rings. The van der Waals surface area contributed by atoms with Gasteiger partial charge in [0.15, 0.2) is 0 Å². The van der Waals surface area contributed by atoms with E-state index < -0.39 is 0 Å². The number of hydrogen-bond acceptors (Lipinski definition) is 4. The van der Waals surface area contributed by atoms with Crippen LogP contribution in [-0.2, 0) is 9.47 Å². The Morgan fingerprint density at radius 3 is 3.11 bits per heavy atom. The molecule has 2 fully saturated rings. The summed E-state index contributed by atoms with van der Waals surface area (Å²) in [5.74, 6) is 3.23. The zero-order valence-electron chi connectivity index (χ0n) is 11.7. The Morgan fingerprint density at radius 1 is 1.56 bits per heavy atom. The number of rotatable bonds is 6. The zero-order chi connectivity index (χ0) is 12.8. The fourth-order valence-corrected chi connectivity index (χ4v) is 4.66. The summed E-state index contributed by atoms with van der Waals surface area (Å²) >= 11 is 2.05. The molecule has 3 nitrogen and oxygen atoms in total. The van der Waals surface area contributed by atoms with Gasteiger partial charge >= 0.3 is 0 Å². The Hall–Kier alpha value is 0.230. The highest BCUT2D eigenvalue weighted by Gasteiger charge is 2.42. The van der Waals surface area contributed by atoms with E-state index in [1.165, 1.54) is 30.8 Å². The summed E-state index contributed by atoms with van der Waals surface area (Å²) in [5, 5.41) is 3.65. The molecule has 0 radical (unpaired) electrons. The molecule has 4 heteroatoms. The van der Waals surface area contributed by atoms with Crippen LogP contribution >= 0.6 is 11.8 Å². The highest BCUT2D eigenvalue weighted by atomic mass is 32.2. The molecule has 1 N–H and O–H groups in total. The molecule has 0 aliphatic carbocycles. The minimum atomic E-state index is 0.203. The third-order valence-electron chi connectivity index (χ3n) is 4.27. The minimum Gasteiger partial charge on any atom is -0.385 e. The average molecular weight is 273 g/mol. The molecule has 18 heavy (non-hydrogen) atoms. The summed E-state index contributed by atoms with van der Waals surface area (Å²) in [4.78, 5) is 0. The summed E-state index contributed by atoms with van der Waals surface area (Å²) in [6.45, 7) is 5.05. The van der Waals surface area contributed by atoms with Gasteiger partial charge in [0.2, 0.25) is 0 Å². The second-order valence-electron chi connectivity index (χ2n) is 5.53. The molecular formula is C14H27NO2S.